The molecule has 7 heteroatoms. The molecule has 0 N–H and O–H groups in total. The van der Waals surface area contributed by atoms with Crippen molar-refractivity contribution in [1.29, 1.82) is 0 Å². The minimum absolute atomic E-state index is 0.232. The van der Waals surface area contributed by atoms with Gasteiger partial charge in [0.1, 0.15) is 5.75 Å². The van der Waals surface area contributed by atoms with Crippen LogP contribution >= 0.6 is 0 Å². The van der Waals surface area contributed by atoms with Crippen molar-refractivity contribution < 1.29 is 23.7 Å². The van der Waals surface area contributed by atoms with E-state index in [2.05, 4.69) is 9.80 Å². The number of fused-ring (bicyclic) bond motifs is 1. The maximum absolute atomic E-state index is 6.10. The average Bonchev–Trinajstić information content (AvgIpc) is 3.01. The van der Waals surface area contributed by atoms with Gasteiger partial charge in [0.05, 0.1) is 26.4 Å². The van der Waals surface area contributed by atoms with Crippen molar-refractivity contribution in [2.75, 3.05) is 66.4 Å². The molecule has 1 aromatic rings. The molecule has 1 aromatic carbocycles. The van der Waals surface area contributed by atoms with Gasteiger partial charge in [0, 0.05) is 57.5 Å². The largest absolute Gasteiger partial charge is 0.496 e. The van der Waals surface area contributed by atoms with E-state index in [1.54, 1.807) is 7.11 Å². The number of ether oxygens (including phenoxy) is 5. The molecular formula is C19H28N2O5. The Balaban J connectivity index is 1.41. The number of rotatable bonds is 5. The smallest absolute Gasteiger partial charge is 0.231 e. The van der Waals surface area contributed by atoms with Crippen LogP contribution in [0.4, 0.5) is 0 Å². The van der Waals surface area contributed by atoms with Crippen molar-refractivity contribution in [1.82, 2.24) is 9.80 Å². The maximum atomic E-state index is 6.10. The summed E-state index contributed by atoms with van der Waals surface area (Å²) in [5.74, 6) is 2.41. The zero-order chi connectivity index (χ0) is 17.8. The second-order valence-electron chi connectivity index (χ2n) is 7.01. The summed E-state index contributed by atoms with van der Waals surface area (Å²) < 4.78 is 28.1. The molecule has 0 spiro atoms. The lowest BCUT2D eigenvalue weighted by Crippen LogP contribution is -2.44. The van der Waals surface area contributed by atoms with Gasteiger partial charge in [-0.3, -0.25) is 9.80 Å². The highest BCUT2D eigenvalue weighted by atomic mass is 16.7. The van der Waals surface area contributed by atoms with E-state index in [0.717, 1.165) is 88.3 Å². The molecule has 4 rings (SSSR count). The molecule has 0 aromatic heterocycles. The van der Waals surface area contributed by atoms with Gasteiger partial charge in [0.25, 0.3) is 0 Å². The van der Waals surface area contributed by atoms with Crippen LogP contribution in [-0.4, -0.2) is 82.4 Å². The van der Waals surface area contributed by atoms with E-state index >= 15 is 0 Å². The number of morpholine rings is 1. The fraction of sp³-hybridized carbons (Fsp3) is 0.684. The monoisotopic (exact) mass is 364 g/mol. The quantitative estimate of drug-likeness (QED) is 0.782. The minimum atomic E-state index is 0.232. The Morgan fingerprint density at radius 3 is 2.65 bits per heavy atom. The fourth-order valence-corrected chi connectivity index (χ4v) is 3.82. The van der Waals surface area contributed by atoms with Gasteiger partial charge >= 0.3 is 0 Å². The molecule has 0 aliphatic carbocycles. The summed E-state index contributed by atoms with van der Waals surface area (Å²) in [5.41, 5.74) is 1.13. The lowest BCUT2D eigenvalue weighted by molar-refractivity contribution is -0.0123. The summed E-state index contributed by atoms with van der Waals surface area (Å²) in [6.45, 7) is 8.49. The minimum Gasteiger partial charge on any atom is -0.496 e. The number of hydrogen-bond acceptors (Lipinski definition) is 7. The molecule has 0 bridgehead atoms. The Morgan fingerprint density at radius 2 is 1.85 bits per heavy atom. The van der Waals surface area contributed by atoms with E-state index in [9.17, 15) is 0 Å². The lowest BCUT2D eigenvalue weighted by atomic mass is 10.1. The van der Waals surface area contributed by atoms with Crippen LogP contribution in [0.5, 0.6) is 17.2 Å². The summed E-state index contributed by atoms with van der Waals surface area (Å²) in [7, 11) is 1.70. The molecule has 0 amide bonds. The van der Waals surface area contributed by atoms with Gasteiger partial charge in [-0.05, 0) is 12.5 Å². The van der Waals surface area contributed by atoms with Crippen LogP contribution < -0.4 is 14.2 Å². The van der Waals surface area contributed by atoms with Crippen LogP contribution in [0.2, 0.25) is 0 Å². The second-order valence-corrected chi connectivity index (χ2v) is 7.01. The third-order valence-electron chi connectivity index (χ3n) is 5.17. The molecule has 7 nitrogen and oxygen atoms in total. The average molecular weight is 364 g/mol. The van der Waals surface area contributed by atoms with Crippen molar-refractivity contribution in [3.05, 3.63) is 17.7 Å². The molecule has 1 unspecified atom stereocenters. The van der Waals surface area contributed by atoms with Crippen molar-refractivity contribution in [3.8, 4) is 17.2 Å². The Morgan fingerprint density at radius 1 is 1.04 bits per heavy atom. The van der Waals surface area contributed by atoms with Crippen LogP contribution in [0.1, 0.15) is 12.0 Å². The maximum Gasteiger partial charge on any atom is 0.231 e. The Kier molecular flexibility index (Phi) is 5.79. The van der Waals surface area contributed by atoms with Crippen molar-refractivity contribution in [2.24, 2.45) is 0 Å². The van der Waals surface area contributed by atoms with E-state index in [4.69, 9.17) is 23.7 Å². The second kappa shape index (κ2) is 8.43. The van der Waals surface area contributed by atoms with Gasteiger partial charge < -0.3 is 23.7 Å². The molecule has 26 heavy (non-hydrogen) atoms. The van der Waals surface area contributed by atoms with E-state index in [0.29, 0.717) is 0 Å². The van der Waals surface area contributed by atoms with Gasteiger partial charge in [0.15, 0.2) is 11.5 Å². The molecular weight excluding hydrogens is 336 g/mol. The number of nitrogens with zero attached hydrogens (tertiary/aromatic N) is 2. The third-order valence-corrected chi connectivity index (χ3v) is 5.17. The molecule has 144 valence electrons. The first-order valence-electron chi connectivity index (χ1n) is 9.42. The van der Waals surface area contributed by atoms with Gasteiger partial charge in [-0.25, -0.2) is 0 Å². The van der Waals surface area contributed by atoms with Crippen LogP contribution in [0.3, 0.4) is 0 Å². The standard InChI is InChI=1S/C19H28N2O5/c1-22-17-10-19-18(25-14-26-19)9-15(17)11-21-3-2-6-24-16(13-21)12-20-4-7-23-8-5-20/h9-10,16H,2-8,11-14H2,1H3. The Hall–Kier alpha value is -1.54. The zero-order valence-corrected chi connectivity index (χ0v) is 15.4. The topological polar surface area (TPSA) is 52.6 Å². The van der Waals surface area contributed by atoms with E-state index < -0.39 is 0 Å². The van der Waals surface area contributed by atoms with E-state index in [1.807, 2.05) is 12.1 Å². The first kappa shape index (κ1) is 17.9. The predicted molar refractivity (Wildman–Crippen MR) is 96.0 cm³/mol. The molecule has 3 aliphatic heterocycles. The first-order valence-corrected chi connectivity index (χ1v) is 9.42. The normalized spacial score (nSPS) is 24.4. The molecule has 1 atom stereocenters. The molecule has 0 saturated carbocycles. The van der Waals surface area contributed by atoms with E-state index in [-0.39, 0.29) is 12.9 Å². The first-order chi connectivity index (χ1) is 12.8. The van der Waals surface area contributed by atoms with Gasteiger partial charge in [0.2, 0.25) is 6.79 Å². The molecule has 3 aliphatic rings. The van der Waals surface area contributed by atoms with Crippen LogP contribution in [0.15, 0.2) is 12.1 Å². The highest BCUT2D eigenvalue weighted by Crippen LogP contribution is 2.38. The number of methoxy groups -OCH3 is 1. The summed E-state index contributed by atoms with van der Waals surface area (Å²) >= 11 is 0. The van der Waals surface area contributed by atoms with Gasteiger partial charge in [-0.15, -0.1) is 0 Å². The summed E-state index contributed by atoms with van der Waals surface area (Å²) in [5, 5.41) is 0. The molecule has 2 saturated heterocycles. The van der Waals surface area contributed by atoms with Gasteiger partial charge in [-0.1, -0.05) is 0 Å². The highest BCUT2D eigenvalue weighted by molar-refractivity contribution is 5.51. The van der Waals surface area contributed by atoms with Crippen LogP contribution in [0, 0.1) is 0 Å². The van der Waals surface area contributed by atoms with E-state index in [1.165, 1.54) is 0 Å². The van der Waals surface area contributed by atoms with Crippen molar-refractivity contribution in [2.45, 2.75) is 19.1 Å². The highest BCUT2D eigenvalue weighted by Gasteiger charge is 2.24. The molecule has 2 fully saturated rings. The van der Waals surface area contributed by atoms with Crippen LogP contribution in [0.25, 0.3) is 0 Å². The Labute approximate surface area is 154 Å². The predicted octanol–water partition coefficient (Wildman–Crippen LogP) is 1.35. The third kappa shape index (κ3) is 4.23. The number of hydrogen-bond donors (Lipinski definition) is 0. The summed E-state index contributed by atoms with van der Waals surface area (Å²) in [4.78, 5) is 4.90. The summed E-state index contributed by atoms with van der Waals surface area (Å²) in [6, 6.07) is 3.97. The number of benzene rings is 1. The van der Waals surface area contributed by atoms with Crippen molar-refractivity contribution in [3.63, 3.8) is 0 Å². The fourth-order valence-electron chi connectivity index (χ4n) is 3.82. The molecule has 0 radical (unpaired) electrons. The summed E-state index contributed by atoms with van der Waals surface area (Å²) in [6.07, 6.45) is 1.28. The lowest BCUT2D eigenvalue weighted by Gasteiger charge is -2.31. The van der Waals surface area contributed by atoms with Crippen LogP contribution in [-0.2, 0) is 16.0 Å². The van der Waals surface area contributed by atoms with Crippen molar-refractivity contribution >= 4 is 0 Å². The van der Waals surface area contributed by atoms with Gasteiger partial charge in [-0.2, -0.15) is 0 Å². The SMILES string of the molecule is COc1cc2c(cc1CN1CCCOC(CN3CCOCC3)C1)OCO2. The Bertz CT molecular complexity index is 606. The zero-order valence-electron chi connectivity index (χ0n) is 15.4. The molecule has 3 heterocycles.